The van der Waals surface area contributed by atoms with Crippen molar-refractivity contribution in [1.29, 1.82) is 0 Å². The number of nitrogens with zero attached hydrogens (tertiary/aromatic N) is 2. The van der Waals surface area contributed by atoms with Gasteiger partial charge in [-0.05, 0) is 137 Å². The summed E-state index contributed by atoms with van der Waals surface area (Å²) in [6, 6.07) is 6.61. The van der Waals surface area contributed by atoms with Crippen LogP contribution in [0.1, 0.15) is 108 Å². The smallest absolute Gasteiger partial charge is 0.410 e. The maximum absolute atomic E-state index is 13.3. The summed E-state index contributed by atoms with van der Waals surface area (Å²) >= 11 is 0. The van der Waals surface area contributed by atoms with Gasteiger partial charge in [-0.15, -0.1) is 0 Å². The second-order valence-electron chi connectivity index (χ2n) is 16.2. The van der Waals surface area contributed by atoms with Crippen molar-refractivity contribution in [1.82, 2.24) is 9.80 Å². The first kappa shape index (κ1) is 37.7. The normalized spacial score (nSPS) is 30.5. The number of alkyl halides is 5. The number of rotatable bonds is 11. The van der Waals surface area contributed by atoms with Crippen LogP contribution >= 0.6 is 0 Å². The van der Waals surface area contributed by atoms with Gasteiger partial charge in [-0.25, -0.2) is 4.79 Å². The van der Waals surface area contributed by atoms with E-state index in [1.165, 1.54) is 24.0 Å². The van der Waals surface area contributed by atoms with E-state index in [2.05, 4.69) is 17.9 Å². The minimum absolute atomic E-state index is 0.000823. The molecule has 7 atom stereocenters. The van der Waals surface area contributed by atoms with Gasteiger partial charge >= 0.3 is 18.2 Å². The zero-order chi connectivity index (χ0) is 35.8. The van der Waals surface area contributed by atoms with E-state index >= 15 is 0 Å². The predicted octanol–water partition coefficient (Wildman–Crippen LogP) is 8.54. The van der Waals surface area contributed by atoms with E-state index in [1.807, 2.05) is 24.0 Å². The van der Waals surface area contributed by atoms with E-state index in [4.69, 9.17) is 4.74 Å². The molecule has 1 aromatic carbocycles. The Kier molecular flexibility index (Phi) is 11.4. The largest absolute Gasteiger partial charge is 0.453 e. The number of ether oxygens (including phenoxy) is 1. The van der Waals surface area contributed by atoms with Crippen LogP contribution in [0.25, 0.3) is 0 Å². The number of carbonyl (C=O) groups excluding carboxylic acids is 2. The van der Waals surface area contributed by atoms with Gasteiger partial charge in [-0.1, -0.05) is 19.9 Å². The summed E-state index contributed by atoms with van der Waals surface area (Å²) < 4.78 is 82.8. The second-order valence-corrected chi connectivity index (χ2v) is 17.8. The van der Waals surface area contributed by atoms with E-state index in [9.17, 15) is 35.8 Å². The number of Topliss-reactive ketones (excluding diaryl/α,β-unsaturated/α-hetero) is 1. The average Bonchev–Trinajstić information content (AvgIpc) is 3.71. The Morgan fingerprint density at radius 3 is 2.48 bits per heavy atom. The standard InChI is InChI=1S/C38H53F5N2O4S/c1-25(24-50(48)21-5-15-37(39,40)38(41,42)43)6-7-26-22-27-23-29(49-35(47)45-19-13-28(14-20-45)44-17-3-4-18-44)8-9-30(27)31-12-16-36(2)32(34(26)31)10-11-33(36)46/h8-9,23,25-26,28,31-32,34H,3-7,10-22,24H2,1-2H3/t25?,26-,31-,32+,34-,36+,50?/m1/s1. The molecule has 0 N–H and O–H groups in total. The molecule has 0 aromatic heterocycles. The Balaban J connectivity index is 1.09. The second kappa shape index (κ2) is 15.1. The number of halogens is 5. The number of ketones is 1. The van der Waals surface area contributed by atoms with Crippen molar-refractivity contribution in [2.45, 2.75) is 121 Å². The molecular formula is C38H53F5N2O4S. The van der Waals surface area contributed by atoms with Crippen molar-refractivity contribution in [3.63, 3.8) is 0 Å². The molecule has 5 aliphatic rings. The van der Waals surface area contributed by atoms with Crippen molar-refractivity contribution >= 4 is 22.7 Å². The molecule has 1 amide bonds. The van der Waals surface area contributed by atoms with Crippen molar-refractivity contribution in [2.24, 2.45) is 29.1 Å². The Bertz CT molecular complexity index is 1410. The fraction of sp³-hybridized carbons (Fsp3) is 0.789. The lowest BCUT2D eigenvalue weighted by Crippen LogP contribution is -2.47. The van der Waals surface area contributed by atoms with Crippen molar-refractivity contribution in [3.8, 4) is 5.75 Å². The minimum atomic E-state index is -5.59. The zero-order valence-corrected chi connectivity index (χ0v) is 30.3. The molecule has 6 nitrogen and oxygen atoms in total. The third-order valence-corrected chi connectivity index (χ3v) is 14.6. The molecule has 1 aromatic rings. The highest BCUT2D eigenvalue weighted by Crippen LogP contribution is 2.61. The SMILES string of the molecule is CC(CC[C@@H]1Cc2cc(OC(=O)N3CCC(N4CCCC4)CC3)ccc2[C@H]2CC[C@]3(C)C(=O)CC[C@H]3[C@H]12)CS(=O)CCCC(F)(F)C(F)(F)F. The Morgan fingerprint density at radius 1 is 1.06 bits per heavy atom. The van der Waals surface area contributed by atoms with E-state index in [0.29, 0.717) is 48.9 Å². The highest BCUT2D eigenvalue weighted by Gasteiger charge is 2.57. The number of fused-ring (bicyclic) bond motifs is 5. The number of hydrogen-bond donors (Lipinski definition) is 0. The number of benzene rings is 1. The van der Waals surface area contributed by atoms with E-state index in [0.717, 1.165) is 64.5 Å². The lowest BCUT2D eigenvalue weighted by atomic mass is 9.52. The first-order valence-electron chi connectivity index (χ1n) is 18.8. The van der Waals surface area contributed by atoms with Crippen LogP contribution in [0.5, 0.6) is 5.75 Å². The van der Waals surface area contributed by atoms with Crippen molar-refractivity contribution in [2.75, 3.05) is 37.7 Å². The van der Waals surface area contributed by atoms with Crippen molar-refractivity contribution < 1.29 is 40.5 Å². The van der Waals surface area contributed by atoms with Gasteiger partial charge in [-0.2, -0.15) is 22.0 Å². The van der Waals surface area contributed by atoms with Gasteiger partial charge in [0.15, 0.2) is 0 Å². The molecule has 2 unspecified atom stereocenters. The minimum Gasteiger partial charge on any atom is -0.410 e. The number of hydrogen-bond acceptors (Lipinski definition) is 5. The van der Waals surface area contributed by atoms with Crippen LogP contribution in [-0.4, -0.2) is 81.7 Å². The Labute approximate surface area is 295 Å². The third-order valence-electron chi connectivity index (χ3n) is 12.9. The van der Waals surface area contributed by atoms with Crippen LogP contribution in [0.2, 0.25) is 0 Å². The van der Waals surface area contributed by atoms with Crippen LogP contribution in [0.3, 0.4) is 0 Å². The predicted molar refractivity (Wildman–Crippen MR) is 183 cm³/mol. The Hall–Kier alpha value is -2.08. The molecule has 4 fully saturated rings. The van der Waals surface area contributed by atoms with Gasteiger partial charge in [0, 0.05) is 59.7 Å². The van der Waals surface area contributed by atoms with Crippen LogP contribution in [0.15, 0.2) is 18.2 Å². The first-order valence-corrected chi connectivity index (χ1v) is 20.3. The molecule has 2 aliphatic heterocycles. The van der Waals surface area contributed by atoms with Crippen molar-refractivity contribution in [3.05, 3.63) is 29.3 Å². The molecule has 0 radical (unpaired) electrons. The van der Waals surface area contributed by atoms with Gasteiger partial charge in [0.2, 0.25) is 0 Å². The molecule has 0 spiro atoms. The lowest BCUT2D eigenvalue weighted by molar-refractivity contribution is -0.284. The molecule has 12 heteroatoms. The quantitative estimate of drug-likeness (QED) is 0.214. The van der Waals surface area contributed by atoms with Gasteiger partial charge in [0.05, 0.1) is 0 Å². The van der Waals surface area contributed by atoms with Crippen LogP contribution in [0, 0.1) is 29.1 Å². The first-order chi connectivity index (χ1) is 23.7. The fourth-order valence-electron chi connectivity index (χ4n) is 10.2. The average molecular weight is 729 g/mol. The zero-order valence-electron chi connectivity index (χ0n) is 29.5. The summed E-state index contributed by atoms with van der Waals surface area (Å²) in [6.45, 7) is 7.80. The van der Waals surface area contributed by atoms with Gasteiger partial charge < -0.3 is 14.5 Å². The molecule has 2 saturated carbocycles. The molecule has 280 valence electrons. The summed E-state index contributed by atoms with van der Waals surface area (Å²) in [7, 11) is -1.49. The highest BCUT2D eigenvalue weighted by molar-refractivity contribution is 7.84. The van der Waals surface area contributed by atoms with E-state index in [1.54, 1.807) is 0 Å². The Morgan fingerprint density at radius 2 is 1.78 bits per heavy atom. The topological polar surface area (TPSA) is 66.9 Å². The van der Waals surface area contributed by atoms with Gasteiger partial charge in [0.1, 0.15) is 11.5 Å². The van der Waals surface area contributed by atoms with E-state index < -0.39 is 35.7 Å². The lowest BCUT2D eigenvalue weighted by Gasteiger charge is -2.52. The maximum Gasteiger partial charge on any atom is 0.453 e. The molecular weight excluding hydrogens is 675 g/mol. The van der Waals surface area contributed by atoms with E-state index in [-0.39, 0.29) is 40.8 Å². The van der Waals surface area contributed by atoms with Crippen LogP contribution in [-0.2, 0) is 22.0 Å². The maximum atomic E-state index is 13.3. The van der Waals surface area contributed by atoms with Crippen LogP contribution in [0.4, 0.5) is 26.7 Å². The van der Waals surface area contributed by atoms with Crippen LogP contribution < -0.4 is 4.74 Å². The fourth-order valence-corrected chi connectivity index (χ4v) is 11.6. The summed E-state index contributed by atoms with van der Waals surface area (Å²) in [5, 5.41) is 0. The number of amides is 1. The molecule has 0 bridgehead atoms. The third kappa shape index (κ3) is 7.96. The molecule has 2 saturated heterocycles. The molecule has 3 aliphatic carbocycles. The van der Waals surface area contributed by atoms with Gasteiger partial charge in [-0.3, -0.25) is 9.00 Å². The van der Waals surface area contributed by atoms with Gasteiger partial charge in [0.25, 0.3) is 0 Å². The summed E-state index contributed by atoms with van der Waals surface area (Å²) in [4.78, 5) is 30.7. The monoisotopic (exact) mass is 728 g/mol. The number of carbonyl (C=O) groups is 2. The molecule has 2 heterocycles. The summed E-state index contributed by atoms with van der Waals surface area (Å²) in [6.07, 6.45) is 2.36. The number of piperidine rings is 1. The molecule has 6 rings (SSSR count). The highest BCUT2D eigenvalue weighted by atomic mass is 32.2. The summed E-state index contributed by atoms with van der Waals surface area (Å²) in [5.74, 6) is -2.63. The number of likely N-dealkylation sites (tertiary alicyclic amines) is 2. The summed E-state index contributed by atoms with van der Waals surface area (Å²) in [5.41, 5.74) is 2.13. The molecule has 50 heavy (non-hydrogen) atoms.